The summed E-state index contributed by atoms with van der Waals surface area (Å²) in [7, 11) is 0. The molecule has 0 saturated carbocycles. The van der Waals surface area contributed by atoms with E-state index in [2.05, 4.69) is 5.32 Å². The third-order valence-corrected chi connectivity index (χ3v) is 3.85. The van der Waals surface area contributed by atoms with E-state index in [1.165, 1.54) is 6.92 Å². The van der Waals surface area contributed by atoms with Gasteiger partial charge in [0.1, 0.15) is 0 Å². The number of aliphatic carboxylic acids is 1. The Kier molecular flexibility index (Phi) is 6.31. The zero-order valence-corrected chi connectivity index (χ0v) is 13.6. The highest BCUT2D eigenvalue weighted by Gasteiger charge is 2.28. The maximum absolute atomic E-state index is 12.6. The fourth-order valence-corrected chi connectivity index (χ4v) is 2.75. The Morgan fingerprint density at radius 3 is 2.67 bits per heavy atom. The maximum atomic E-state index is 12.6. The number of nitrogens with one attached hydrogen (secondary N) is 1. The zero-order valence-electron chi connectivity index (χ0n) is 13.6. The number of carboxylic acid groups (broad SMARTS) is 1. The SMILES string of the molecule is CC(=O)N[C@H](CC(=O)N1CCO[C@H](CC(=O)O)C1)c1ccccc1. The Morgan fingerprint density at radius 1 is 1.33 bits per heavy atom. The van der Waals surface area contributed by atoms with Crippen LogP contribution < -0.4 is 5.32 Å². The summed E-state index contributed by atoms with van der Waals surface area (Å²) in [5.41, 5.74) is 0.858. The number of carbonyl (C=O) groups excluding carboxylic acids is 2. The Morgan fingerprint density at radius 2 is 2.04 bits per heavy atom. The van der Waals surface area contributed by atoms with Gasteiger partial charge in [-0.25, -0.2) is 0 Å². The van der Waals surface area contributed by atoms with Crippen LogP contribution in [0.4, 0.5) is 0 Å². The van der Waals surface area contributed by atoms with Crippen molar-refractivity contribution in [1.29, 1.82) is 0 Å². The number of ether oxygens (including phenoxy) is 1. The molecule has 2 amide bonds. The van der Waals surface area contributed by atoms with Gasteiger partial charge in [-0.15, -0.1) is 0 Å². The number of benzene rings is 1. The van der Waals surface area contributed by atoms with Gasteiger partial charge < -0.3 is 20.1 Å². The molecule has 0 radical (unpaired) electrons. The zero-order chi connectivity index (χ0) is 17.5. The molecule has 1 aromatic carbocycles. The Labute approximate surface area is 140 Å². The van der Waals surface area contributed by atoms with Gasteiger partial charge in [0.25, 0.3) is 0 Å². The molecule has 2 N–H and O–H groups in total. The van der Waals surface area contributed by atoms with Crippen molar-refractivity contribution in [2.24, 2.45) is 0 Å². The molecule has 7 heteroatoms. The van der Waals surface area contributed by atoms with E-state index in [4.69, 9.17) is 9.84 Å². The molecule has 1 aliphatic rings. The van der Waals surface area contributed by atoms with Crippen LogP contribution in [0.2, 0.25) is 0 Å². The number of carboxylic acids is 1. The molecule has 1 saturated heterocycles. The van der Waals surface area contributed by atoms with Crippen LogP contribution in [-0.2, 0) is 19.1 Å². The predicted octanol–water partition coefficient (Wildman–Crippen LogP) is 0.956. The minimum Gasteiger partial charge on any atom is -0.481 e. The van der Waals surface area contributed by atoms with Gasteiger partial charge in [0.05, 0.1) is 31.6 Å². The summed E-state index contributed by atoms with van der Waals surface area (Å²) in [5, 5.41) is 11.7. The fourth-order valence-electron chi connectivity index (χ4n) is 2.75. The van der Waals surface area contributed by atoms with Crippen molar-refractivity contribution >= 4 is 17.8 Å². The molecule has 0 bridgehead atoms. The van der Waals surface area contributed by atoms with E-state index < -0.39 is 18.1 Å². The second-order valence-corrected chi connectivity index (χ2v) is 5.80. The highest BCUT2D eigenvalue weighted by Crippen LogP contribution is 2.19. The second kappa shape index (κ2) is 8.44. The van der Waals surface area contributed by atoms with E-state index >= 15 is 0 Å². The van der Waals surface area contributed by atoms with Gasteiger partial charge in [-0.05, 0) is 5.56 Å². The molecule has 0 aliphatic carbocycles. The molecule has 0 spiro atoms. The standard InChI is InChI=1S/C17H22N2O5/c1-12(20)18-15(13-5-3-2-4-6-13)10-16(21)19-7-8-24-14(11-19)9-17(22)23/h2-6,14-15H,7-11H2,1H3,(H,18,20)(H,22,23)/t14-,15-/m1/s1. The number of carbonyl (C=O) groups is 3. The highest BCUT2D eigenvalue weighted by atomic mass is 16.5. The first-order chi connectivity index (χ1) is 11.5. The first-order valence-electron chi connectivity index (χ1n) is 7.89. The summed E-state index contributed by atoms with van der Waals surface area (Å²) >= 11 is 0. The van der Waals surface area contributed by atoms with Gasteiger partial charge in [-0.2, -0.15) is 0 Å². The van der Waals surface area contributed by atoms with Gasteiger partial charge in [-0.1, -0.05) is 30.3 Å². The lowest BCUT2D eigenvalue weighted by Crippen LogP contribution is -2.47. The molecule has 1 aliphatic heterocycles. The number of rotatable bonds is 6. The largest absolute Gasteiger partial charge is 0.481 e. The summed E-state index contributed by atoms with van der Waals surface area (Å²) in [6.07, 6.45) is -0.489. The molecule has 24 heavy (non-hydrogen) atoms. The summed E-state index contributed by atoms with van der Waals surface area (Å²) in [6, 6.07) is 8.89. The third-order valence-electron chi connectivity index (χ3n) is 3.85. The Bertz CT molecular complexity index is 590. The van der Waals surface area contributed by atoms with Gasteiger partial charge in [0.15, 0.2) is 0 Å². The van der Waals surface area contributed by atoms with Gasteiger partial charge in [-0.3, -0.25) is 14.4 Å². The van der Waals surface area contributed by atoms with Crippen molar-refractivity contribution in [3.8, 4) is 0 Å². The summed E-state index contributed by atoms with van der Waals surface area (Å²) < 4.78 is 5.38. The lowest BCUT2D eigenvalue weighted by atomic mass is 10.0. The number of morpholine rings is 1. The van der Waals surface area contributed by atoms with Crippen molar-refractivity contribution in [2.75, 3.05) is 19.7 Å². The molecular weight excluding hydrogens is 312 g/mol. The molecule has 0 unspecified atom stereocenters. The number of amides is 2. The van der Waals surface area contributed by atoms with E-state index in [-0.39, 0.29) is 31.2 Å². The predicted molar refractivity (Wildman–Crippen MR) is 86.2 cm³/mol. The van der Waals surface area contributed by atoms with Crippen LogP contribution in [0.1, 0.15) is 31.4 Å². The van der Waals surface area contributed by atoms with Crippen LogP contribution in [-0.4, -0.2) is 53.6 Å². The maximum Gasteiger partial charge on any atom is 0.306 e. The van der Waals surface area contributed by atoms with Crippen LogP contribution in [0.5, 0.6) is 0 Å². The van der Waals surface area contributed by atoms with Crippen LogP contribution in [0, 0.1) is 0 Å². The van der Waals surface area contributed by atoms with Crippen LogP contribution in [0.15, 0.2) is 30.3 Å². The summed E-state index contributed by atoms with van der Waals surface area (Å²) in [5.74, 6) is -1.28. The summed E-state index contributed by atoms with van der Waals surface area (Å²) in [6.45, 7) is 2.42. The average molecular weight is 334 g/mol. The lowest BCUT2D eigenvalue weighted by molar-refractivity contribution is -0.148. The quantitative estimate of drug-likeness (QED) is 0.808. The van der Waals surface area contributed by atoms with E-state index in [1.807, 2.05) is 30.3 Å². The van der Waals surface area contributed by atoms with Crippen molar-refractivity contribution in [3.63, 3.8) is 0 Å². The lowest BCUT2D eigenvalue weighted by Gasteiger charge is -2.33. The molecular formula is C17H22N2O5. The first-order valence-corrected chi connectivity index (χ1v) is 7.89. The van der Waals surface area contributed by atoms with E-state index in [0.717, 1.165) is 5.56 Å². The average Bonchev–Trinajstić information content (AvgIpc) is 2.54. The molecule has 2 rings (SSSR count). The van der Waals surface area contributed by atoms with Gasteiger partial charge in [0, 0.05) is 20.0 Å². The normalized spacial score (nSPS) is 18.7. The minimum absolute atomic E-state index is 0.127. The molecule has 1 fully saturated rings. The molecule has 130 valence electrons. The van der Waals surface area contributed by atoms with Crippen LogP contribution >= 0.6 is 0 Å². The van der Waals surface area contributed by atoms with E-state index in [0.29, 0.717) is 13.2 Å². The molecule has 2 atom stereocenters. The van der Waals surface area contributed by atoms with Crippen molar-refractivity contribution in [1.82, 2.24) is 10.2 Å². The van der Waals surface area contributed by atoms with Crippen LogP contribution in [0.3, 0.4) is 0 Å². The van der Waals surface area contributed by atoms with Crippen molar-refractivity contribution in [3.05, 3.63) is 35.9 Å². The smallest absolute Gasteiger partial charge is 0.306 e. The molecule has 1 heterocycles. The first kappa shape index (κ1) is 17.9. The summed E-state index contributed by atoms with van der Waals surface area (Å²) in [4.78, 5) is 36.4. The van der Waals surface area contributed by atoms with Gasteiger partial charge in [0.2, 0.25) is 11.8 Å². The van der Waals surface area contributed by atoms with Gasteiger partial charge >= 0.3 is 5.97 Å². The number of hydrogen-bond donors (Lipinski definition) is 2. The number of hydrogen-bond acceptors (Lipinski definition) is 4. The fraction of sp³-hybridized carbons (Fsp3) is 0.471. The molecule has 1 aromatic rings. The van der Waals surface area contributed by atoms with Crippen LogP contribution in [0.25, 0.3) is 0 Å². The minimum atomic E-state index is -0.949. The Balaban J connectivity index is 2.01. The highest BCUT2D eigenvalue weighted by molar-refractivity contribution is 5.79. The number of nitrogens with zero attached hydrogens (tertiary/aromatic N) is 1. The molecule has 0 aromatic heterocycles. The second-order valence-electron chi connectivity index (χ2n) is 5.80. The van der Waals surface area contributed by atoms with E-state index in [9.17, 15) is 14.4 Å². The van der Waals surface area contributed by atoms with E-state index in [1.54, 1.807) is 4.90 Å². The van der Waals surface area contributed by atoms with Crippen molar-refractivity contribution < 1.29 is 24.2 Å². The third kappa shape index (κ3) is 5.34. The monoisotopic (exact) mass is 334 g/mol. The Hall–Kier alpha value is -2.41. The molecule has 7 nitrogen and oxygen atoms in total. The van der Waals surface area contributed by atoms with Crippen molar-refractivity contribution in [2.45, 2.75) is 31.9 Å². The topological polar surface area (TPSA) is 95.9 Å².